The molecule has 1 nitrogen and oxygen atoms in total. The highest BCUT2D eigenvalue weighted by Crippen LogP contribution is 1.88. The normalized spacial score (nSPS) is 15.3. The fourth-order valence-electron chi connectivity index (χ4n) is 0.318. The second-order valence-electron chi connectivity index (χ2n) is 1.38. The second-order valence-corrected chi connectivity index (χ2v) is 1.38. The van der Waals surface area contributed by atoms with Crippen LogP contribution >= 0.6 is 0 Å². The monoisotopic (exact) mass is 99.1 g/mol. The third-order valence-corrected chi connectivity index (χ3v) is 0.710. The standard InChI is InChI=1S/C6H11O/c1-3-5-6(7)4-2/h3,5-7H,2,4H2,1H3/b5-3+. The predicted octanol–water partition coefficient (Wildman–Crippen LogP) is 1.15. The van der Waals surface area contributed by atoms with E-state index in [0.29, 0.717) is 6.42 Å². The second kappa shape index (κ2) is 3.88. The van der Waals surface area contributed by atoms with Crippen LogP contribution in [-0.4, -0.2) is 11.2 Å². The Morgan fingerprint density at radius 1 is 1.86 bits per heavy atom. The van der Waals surface area contributed by atoms with Crippen LogP contribution in [0, 0.1) is 6.92 Å². The van der Waals surface area contributed by atoms with Crippen molar-refractivity contribution in [3.05, 3.63) is 19.1 Å². The zero-order valence-electron chi connectivity index (χ0n) is 4.59. The smallest absolute Gasteiger partial charge is 0.0720 e. The molecule has 0 aromatic carbocycles. The molecule has 1 unspecified atom stereocenters. The molecule has 41 valence electrons. The summed E-state index contributed by atoms with van der Waals surface area (Å²) in [7, 11) is 0. The van der Waals surface area contributed by atoms with Gasteiger partial charge in [-0.15, -0.1) is 0 Å². The Labute approximate surface area is 44.7 Å². The molecule has 0 aromatic rings. The van der Waals surface area contributed by atoms with Crippen LogP contribution < -0.4 is 0 Å². The van der Waals surface area contributed by atoms with Crippen LogP contribution in [0.4, 0.5) is 0 Å². The van der Waals surface area contributed by atoms with Gasteiger partial charge in [0.1, 0.15) is 0 Å². The van der Waals surface area contributed by atoms with Crippen molar-refractivity contribution in [3.63, 3.8) is 0 Å². The van der Waals surface area contributed by atoms with E-state index in [1.54, 1.807) is 6.08 Å². The summed E-state index contributed by atoms with van der Waals surface area (Å²) in [5.41, 5.74) is 0. The van der Waals surface area contributed by atoms with Gasteiger partial charge in [-0.2, -0.15) is 0 Å². The van der Waals surface area contributed by atoms with Gasteiger partial charge in [-0.3, -0.25) is 0 Å². The molecule has 0 aliphatic rings. The number of rotatable bonds is 2. The fourth-order valence-corrected chi connectivity index (χ4v) is 0.318. The van der Waals surface area contributed by atoms with Crippen LogP contribution in [0.2, 0.25) is 0 Å². The molecule has 0 aliphatic carbocycles. The van der Waals surface area contributed by atoms with E-state index in [1.807, 2.05) is 13.0 Å². The highest BCUT2D eigenvalue weighted by atomic mass is 16.3. The van der Waals surface area contributed by atoms with Crippen LogP contribution in [-0.2, 0) is 0 Å². The highest BCUT2D eigenvalue weighted by molar-refractivity contribution is 4.85. The maximum absolute atomic E-state index is 8.71. The third-order valence-electron chi connectivity index (χ3n) is 0.710. The largest absolute Gasteiger partial charge is 0.389 e. The van der Waals surface area contributed by atoms with E-state index < -0.39 is 0 Å². The topological polar surface area (TPSA) is 20.2 Å². The summed E-state index contributed by atoms with van der Waals surface area (Å²) in [5, 5.41) is 8.71. The summed E-state index contributed by atoms with van der Waals surface area (Å²) in [6.07, 6.45) is 3.75. The number of aliphatic hydroxyl groups excluding tert-OH is 1. The molecular formula is C6H11O. The van der Waals surface area contributed by atoms with E-state index in [9.17, 15) is 0 Å². The summed E-state index contributed by atoms with van der Waals surface area (Å²) in [5.74, 6) is 0. The Bertz CT molecular complexity index is 57.2. The van der Waals surface area contributed by atoms with Gasteiger partial charge < -0.3 is 5.11 Å². The summed E-state index contributed by atoms with van der Waals surface area (Å²) in [6.45, 7) is 5.38. The maximum atomic E-state index is 8.71. The van der Waals surface area contributed by atoms with E-state index in [0.717, 1.165) is 0 Å². The molecule has 0 aromatic heterocycles. The van der Waals surface area contributed by atoms with Crippen molar-refractivity contribution in [1.29, 1.82) is 0 Å². The molecule has 1 atom stereocenters. The Hall–Kier alpha value is -0.300. The Morgan fingerprint density at radius 2 is 2.43 bits per heavy atom. The molecular weight excluding hydrogens is 88.1 g/mol. The van der Waals surface area contributed by atoms with E-state index in [-0.39, 0.29) is 6.10 Å². The minimum atomic E-state index is -0.343. The van der Waals surface area contributed by atoms with E-state index in [1.165, 1.54) is 0 Å². The van der Waals surface area contributed by atoms with Gasteiger partial charge in [0, 0.05) is 0 Å². The molecule has 0 saturated carbocycles. The predicted molar refractivity (Wildman–Crippen MR) is 30.8 cm³/mol. The lowest BCUT2D eigenvalue weighted by atomic mass is 10.3. The average Bonchev–Trinajstić information content (AvgIpc) is 1.68. The van der Waals surface area contributed by atoms with Gasteiger partial charge in [-0.1, -0.05) is 19.1 Å². The number of allylic oxidation sites excluding steroid dienone is 1. The Morgan fingerprint density at radius 3 is 2.57 bits per heavy atom. The van der Waals surface area contributed by atoms with Crippen molar-refractivity contribution in [2.24, 2.45) is 0 Å². The van der Waals surface area contributed by atoms with E-state index >= 15 is 0 Å². The van der Waals surface area contributed by atoms with Gasteiger partial charge in [-0.25, -0.2) is 0 Å². The van der Waals surface area contributed by atoms with Crippen molar-refractivity contribution in [2.75, 3.05) is 0 Å². The molecule has 0 saturated heterocycles. The van der Waals surface area contributed by atoms with Crippen LogP contribution in [0.15, 0.2) is 12.2 Å². The minimum Gasteiger partial charge on any atom is -0.389 e. The zero-order valence-corrected chi connectivity index (χ0v) is 4.59. The molecule has 0 bridgehead atoms. The van der Waals surface area contributed by atoms with Crippen LogP contribution in [0.5, 0.6) is 0 Å². The van der Waals surface area contributed by atoms with Crippen molar-refractivity contribution < 1.29 is 5.11 Å². The molecule has 0 aliphatic heterocycles. The van der Waals surface area contributed by atoms with E-state index in [2.05, 4.69) is 6.92 Å². The lowest BCUT2D eigenvalue weighted by Gasteiger charge is -1.95. The molecule has 0 fully saturated rings. The average molecular weight is 99.2 g/mol. The Kier molecular flexibility index (Phi) is 3.71. The van der Waals surface area contributed by atoms with Crippen LogP contribution in [0.3, 0.4) is 0 Å². The first kappa shape index (κ1) is 6.70. The molecule has 0 spiro atoms. The molecule has 7 heavy (non-hydrogen) atoms. The lowest BCUT2D eigenvalue weighted by Crippen LogP contribution is -1.97. The molecule has 0 heterocycles. The summed E-state index contributed by atoms with van der Waals surface area (Å²) >= 11 is 0. The van der Waals surface area contributed by atoms with Crippen molar-refractivity contribution >= 4 is 0 Å². The molecule has 1 heteroatoms. The van der Waals surface area contributed by atoms with Gasteiger partial charge in [0.15, 0.2) is 0 Å². The van der Waals surface area contributed by atoms with Crippen molar-refractivity contribution in [2.45, 2.75) is 19.4 Å². The summed E-state index contributed by atoms with van der Waals surface area (Å²) in [4.78, 5) is 0. The lowest BCUT2D eigenvalue weighted by molar-refractivity contribution is 0.226. The fraction of sp³-hybridized carbons (Fsp3) is 0.500. The summed E-state index contributed by atoms with van der Waals surface area (Å²) in [6, 6.07) is 0. The van der Waals surface area contributed by atoms with Gasteiger partial charge in [0.2, 0.25) is 0 Å². The Balaban J connectivity index is 3.16. The maximum Gasteiger partial charge on any atom is 0.0720 e. The van der Waals surface area contributed by atoms with E-state index in [4.69, 9.17) is 5.11 Å². The highest BCUT2D eigenvalue weighted by Gasteiger charge is 1.87. The van der Waals surface area contributed by atoms with Crippen LogP contribution in [0.1, 0.15) is 13.3 Å². The number of hydrogen-bond acceptors (Lipinski definition) is 1. The van der Waals surface area contributed by atoms with Gasteiger partial charge in [0.05, 0.1) is 6.10 Å². The summed E-state index contributed by atoms with van der Waals surface area (Å²) < 4.78 is 0. The zero-order chi connectivity index (χ0) is 5.70. The molecule has 1 N–H and O–H groups in total. The molecule has 0 rings (SSSR count). The SMILES string of the molecule is [CH2]CC(O)/C=C/C. The number of hydrogen-bond donors (Lipinski definition) is 1. The first-order valence-electron chi connectivity index (χ1n) is 2.41. The van der Waals surface area contributed by atoms with Crippen molar-refractivity contribution in [1.82, 2.24) is 0 Å². The molecule has 1 radical (unpaired) electrons. The first-order valence-corrected chi connectivity index (χ1v) is 2.41. The van der Waals surface area contributed by atoms with Gasteiger partial charge in [-0.05, 0) is 13.3 Å². The molecule has 0 amide bonds. The van der Waals surface area contributed by atoms with Gasteiger partial charge in [0.25, 0.3) is 0 Å². The first-order chi connectivity index (χ1) is 3.31. The van der Waals surface area contributed by atoms with Gasteiger partial charge >= 0.3 is 0 Å². The minimum absolute atomic E-state index is 0.343. The number of aliphatic hydroxyl groups is 1. The van der Waals surface area contributed by atoms with Crippen LogP contribution in [0.25, 0.3) is 0 Å². The third kappa shape index (κ3) is 3.53. The quantitative estimate of drug-likeness (QED) is 0.515. The van der Waals surface area contributed by atoms with Crippen molar-refractivity contribution in [3.8, 4) is 0 Å².